The predicted molar refractivity (Wildman–Crippen MR) is 81.5 cm³/mol. The number of hydrogen-bond acceptors (Lipinski definition) is 4. The monoisotopic (exact) mass is 322 g/mol. The number of carbonyl (C=O) groups is 1. The second-order valence-electron chi connectivity index (χ2n) is 4.59. The van der Waals surface area contributed by atoms with E-state index in [0.717, 1.165) is 6.20 Å². The van der Waals surface area contributed by atoms with Crippen molar-refractivity contribution in [2.75, 3.05) is 14.1 Å². The van der Waals surface area contributed by atoms with E-state index in [9.17, 15) is 14.0 Å². The van der Waals surface area contributed by atoms with Gasteiger partial charge in [-0.25, -0.2) is 18.7 Å². The molecule has 0 amide bonds. The second-order valence-corrected chi connectivity index (χ2v) is 5.03. The molecule has 1 heterocycles. The van der Waals surface area contributed by atoms with E-state index in [1.165, 1.54) is 18.5 Å². The van der Waals surface area contributed by atoms with Crippen LogP contribution >= 0.6 is 11.6 Å². The molecule has 22 heavy (non-hydrogen) atoms. The number of hydrogen-bond donors (Lipinski definition) is 0. The fraction of sp³-hybridized carbons (Fsp3) is 0.143. The van der Waals surface area contributed by atoms with Crippen LogP contribution in [0, 0.1) is 5.82 Å². The van der Waals surface area contributed by atoms with Crippen molar-refractivity contribution in [1.29, 1.82) is 0 Å². The maximum absolute atomic E-state index is 13.9. The molecule has 0 saturated carbocycles. The Labute approximate surface area is 130 Å². The number of aliphatic imine (C=N–C) groups is 1. The van der Waals surface area contributed by atoms with Crippen LogP contribution in [0.2, 0.25) is 5.02 Å². The average Bonchev–Trinajstić information content (AvgIpc) is 2.47. The van der Waals surface area contributed by atoms with Crippen molar-refractivity contribution < 1.29 is 9.18 Å². The summed E-state index contributed by atoms with van der Waals surface area (Å²) in [6.07, 6.45) is 2.06. The number of carbonyl (C=O) groups excluding carboxylic acids is 1. The molecular formula is C14H12ClFN4O2. The molecule has 0 aliphatic heterocycles. The molecule has 0 atom stereocenters. The Morgan fingerprint density at radius 3 is 2.82 bits per heavy atom. The normalized spacial score (nSPS) is 10.9. The summed E-state index contributed by atoms with van der Waals surface area (Å²) in [7, 11) is 3.37. The van der Waals surface area contributed by atoms with Gasteiger partial charge in [-0.05, 0) is 18.2 Å². The molecule has 114 valence electrons. The highest BCUT2D eigenvalue weighted by Crippen LogP contribution is 2.14. The lowest BCUT2D eigenvalue weighted by molar-refractivity contribution is 0.0953. The van der Waals surface area contributed by atoms with Gasteiger partial charge in [0, 0.05) is 24.7 Å². The lowest BCUT2D eigenvalue weighted by atomic mass is 10.2. The summed E-state index contributed by atoms with van der Waals surface area (Å²) in [6, 6.07) is 5.99. The first kappa shape index (κ1) is 15.8. The summed E-state index contributed by atoms with van der Waals surface area (Å²) in [4.78, 5) is 32.8. The summed E-state index contributed by atoms with van der Waals surface area (Å²) in [5, 5.41) is 0.333. The molecule has 0 bridgehead atoms. The smallest absolute Gasteiger partial charge is 0.356 e. The van der Waals surface area contributed by atoms with Crippen molar-refractivity contribution in [1.82, 2.24) is 14.5 Å². The van der Waals surface area contributed by atoms with Crippen LogP contribution in [-0.2, 0) is 0 Å². The Morgan fingerprint density at radius 1 is 1.45 bits per heavy atom. The Hall–Kier alpha value is -2.54. The molecule has 1 aromatic heterocycles. The molecule has 0 spiro atoms. The average molecular weight is 323 g/mol. The molecule has 8 heteroatoms. The highest BCUT2D eigenvalue weighted by Gasteiger charge is 2.15. The highest BCUT2D eigenvalue weighted by molar-refractivity contribution is 6.31. The fourth-order valence-corrected chi connectivity index (χ4v) is 1.78. The minimum atomic E-state index is -0.919. The molecule has 1 aromatic carbocycles. The van der Waals surface area contributed by atoms with Gasteiger partial charge in [0.25, 0.3) is 5.91 Å². The number of rotatable bonds is 3. The van der Waals surface area contributed by atoms with Crippen molar-refractivity contribution in [3.63, 3.8) is 0 Å². The van der Waals surface area contributed by atoms with Gasteiger partial charge >= 0.3 is 5.69 Å². The van der Waals surface area contributed by atoms with Gasteiger partial charge in [0.1, 0.15) is 0 Å². The van der Waals surface area contributed by atoms with E-state index < -0.39 is 17.4 Å². The highest BCUT2D eigenvalue weighted by atomic mass is 35.5. The van der Waals surface area contributed by atoms with E-state index in [2.05, 4.69) is 9.98 Å². The van der Waals surface area contributed by atoms with Crippen LogP contribution in [0.4, 0.5) is 10.2 Å². The van der Waals surface area contributed by atoms with E-state index in [4.69, 9.17) is 11.6 Å². The van der Waals surface area contributed by atoms with Crippen molar-refractivity contribution in [3.8, 4) is 0 Å². The van der Waals surface area contributed by atoms with Crippen molar-refractivity contribution in [2.24, 2.45) is 4.99 Å². The summed E-state index contributed by atoms with van der Waals surface area (Å²) < 4.78 is 14.5. The number of aromatic nitrogens is 2. The number of benzene rings is 1. The standard InChI is InChI=1S/C14H12ClFN4O2/c1-19(2)8-17-12-11(16)7-20(14(22)18-12)13(21)9-4-3-5-10(15)6-9/h3-8H,1-2H3. The molecule has 0 aliphatic carbocycles. The lowest BCUT2D eigenvalue weighted by Gasteiger charge is -2.06. The SMILES string of the molecule is CN(C)C=Nc1nc(=O)n(C(=O)c2cccc(Cl)c2)cc1F. The maximum Gasteiger partial charge on any atom is 0.356 e. The van der Waals surface area contributed by atoms with Crippen molar-refractivity contribution >= 4 is 29.7 Å². The van der Waals surface area contributed by atoms with Gasteiger partial charge in [0.15, 0.2) is 11.6 Å². The van der Waals surface area contributed by atoms with E-state index in [0.29, 0.717) is 9.59 Å². The van der Waals surface area contributed by atoms with Gasteiger partial charge in [-0.3, -0.25) is 4.79 Å². The first-order valence-electron chi connectivity index (χ1n) is 6.18. The predicted octanol–water partition coefficient (Wildman–Crippen LogP) is 1.95. The first-order chi connectivity index (χ1) is 10.4. The molecule has 0 unspecified atom stereocenters. The van der Waals surface area contributed by atoms with E-state index in [1.54, 1.807) is 31.1 Å². The van der Waals surface area contributed by atoms with Gasteiger partial charge in [-0.15, -0.1) is 0 Å². The summed E-state index contributed by atoms with van der Waals surface area (Å²) in [5.74, 6) is -1.98. The van der Waals surface area contributed by atoms with Gasteiger partial charge in [-0.2, -0.15) is 4.98 Å². The van der Waals surface area contributed by atoms with Crippen LogP contribution in [0.15, 0.2) is 40.2 Å². The molecule has 2 aromatic rings. The quantitative estimate of drug-likeness (QED) is 0.640. The minimum absolute atomic E-state index is 0.153. The zero-order valence-electron chi connectivity index (χ0n) is 11.8. The van der Waals surface area contributed by atoms with E-state index >= 15 is 0 Å². The topological polar surface area (TPSA) is 67.6 Å². The summed E-state index contributed by atoms with van der Waals surface area (Å²) in [5.41, 5.74) is -0.766. The molecule has 0 fully saturated rings. The van der Waals surface area contributed by atoms with Crippen LogP contribution in [0.5, 0.6) is 0 Å². The van der Waals surface area contributed by atoms with Crippen LogP contribution in [0.3, 0.4) is 0 Å². The van der Waals surface area contributed by atoms with Crippen molar-refractivity contribution in [2.45, 2.75) is 0 Å². The number of halogens is 2. The molecule has 0 saturated heterocycles. The lowest BCUT2D eigenvalue weighted by Crippen LogP contribution is -2.29. The molecule has 0 N–H and O–H groups in total. The van der Waals surface area contributed by atoms with E-state index in [1.807, 2.05) is 0 Å². The molecule has 2 rings (SSSR count). The molecule has 0 aliphatic rings. The van der Waals surface area contributed by atoms with Gasteiger partial charge in [-0.1, -0.05) is 17.7 Å². The van der Waals surface area contributed by atoms with Gasteiger partial charge < -0.3 is 4.90 Å². The van der Waals surface area contributed by atoms with Crippen molar-refractivity contribution in [3.05, 3.63) is 57.3 Å². The van der Waals surface area contributed by atoms with Crippen LogP contribution in [-0.4, -0.2) is 40.8 Å². The van der Waals surface area contributed by atoms with Crippen LogP contribution in [0.25, 0.3) is 0 Å². The maximum atomic E-state index is 13.9. The molecule has 6 nitrogen and oxygen atoms in total. The third-order valence-corrected chi connectivity index (χ3v) is 2.80. The zero-order chi connectivity index (χ0) is 16.3. The zero-order valence-corrected chi connectivity index (χ0v) is 12.6. The molecular weight excluding hydrogens is 311 g/mol. The number of nitrogens with zero attached hydrogens (tertiary/aromatic N) is 4. The minimum Gasteiger partial charge on any atom is -0.369 e. The Morgan fingerprint density at radius 2 is 2.18 bits per heavy atom. The second kappa shape index (κ2) is 6.48. The largest absolute Gasteiger partial charge is 0.369 e. The third kappa shape index (κ3) is 3.56. The Kier molecular flexibility index (Phi) is 4.67. The Balaban J connectivity index is 2.43. The summed E-state index contributed by atoms with van der Waals surface area (Å²) in [6.45, 7) is 0. The first-order valence-corrected chi connectivity index (χ1v) is 6.56. The van der Waals surface area contributed by atoms with Gasteiger partial charge in [0.05, 0.1) is 12.5 Å². The van der Waals surface area contributed by atoms with Crippen LogP contribution < -0.4 is 5.69 Å². The molecule has 0 radical (unpaired) electrons. The third-order valence-electron chi connectivity index (χ3n) is 2.57. The summed E-state index contributed by atoms with van der Waals surface area (Å²) >= 11 is 5.79. The fourth-order valence-electron chi connectivity index (χ4n) is 1.59. The van der Waals surface area contributed by atoms with E-state index in [-0.39, 0.29) is 11.4 Å². The van der Waals surface area contributed by atoms with Gasteiger partial charge in [0.2, 0.25) is 0 Å². The van der Waals surface area contributed by atoms with Crippen LogP contribution in [0.1, 0.15) is 10.4 Å². The Bertz CT molecular complexity index is 802.